The second kappa shape index (κ2) is 11.8. The summed E-state index contributed by atoms with van der Waals surface area (Å²) in [6, 6.07) is 18.2. The van der Waals surface area contributed by atoms with Crippen LogP contribution in [0.1, 0.15) is 43.6 Å². The molecule has 1 fully saturated rings. The Bertz CT molecular complexity index is 1030. The topological polar surface area (TPSA) is 71.7 Å². The molecule has 0 unspecified atom stereocenters. The van der Waals surface area contributed by atoms with Crippen LogP contribution in [0.5, 0.6) is 0 Å². The minimum absolute atomic E-state index is 0.0295. The van der Waals surface area contributed by atoms with Crippen molar-refractivity contribution in [2.24, 2.45) is 0 Å². The molecule has 1 aliphatic rings. The molecule has 7 nitrogen and oxygen atoms in total. The van der Waals surface area contributed by atoms with E-state index < -0.39 is 0 Å². The highest BCUT2D eigenvalue weighted by molar-refractivity contribution is 5.77. The first-order chi connectivity index (χ1) is 16.6. The standard InChI is InChI=1S/C27H34N4O3/c1-30(2)23-15-13-22(14-16-23)27-28-25(34-29-27)17-18-31(24-11-7-4-8-12-24)26(32)20-33-19-21-9-5-3-6-10-21/h3,5-6,9-10,13-16,24H,4,7-8,11-12,17-20H2,1-2H3. The quantitative estimate of drug-likeness (QED) is 0.434. The van der Waals surface area contributed by atoms with E-state index in [1.165, 1.54) is 6.42 Å². The third-order valence-corrected chi connectivity index (χ3v) is 6.35. The number of rotatable bonds is 10. The molecule has 0 N–H and O–H groups in total. The molecule has 0 radical (unpaired) electrons. The van der Waals surface area contributed by atoms with Crippen LogP contribution in [0.2, 0.25) is 0 Å². The lowest BCUT2D eigenvalue weighted by molar-refractivity contribution is -0.139. The number of ether oxygens (including phenoxy) is 1. The van der Waals surface area contributed by atoms with Gasteiger partial charge in [-0.15, -0.1) is 0 Å². The molecule has 0 saturated heterocycles. The Kier molecular flexibility index (Phi) is 8.31. The maximum atomic E-state index is 13.1. The van der Waals surface area contributed by atoms with E-state index in [1.54, 1.807) is 0 Å². The average Bonchev–Trinajstić information content (AvgIpc) is 3.34. The minimum Gasteiger partial charge on any atom is -0.378 e. The van der Waals surface area contributed by atoms with Gasteiger partial charge < -0.3 is 19.1 Å². The van der Waals surface area contributed by atoms with E-state index in [4.69, 9.17) is 9.26 Å². The Morgan fingerprint density at radius 2 is 1.76 bits per heavy atom. The molecule has 1 aromatic heterocycles. The van der Waals surface area contributed by atoms with E-state index in [9.17, 15) is 4.79 Å². The Morgan fingerprint density at radius 3 is 2.47 bits per heavy atom. The summed E-state index contributed by atoms with van der Waals surface area (Å²) in [6.07, 6.45) is 6.17. The van der Waals surface area contributed by atoms with Crippen LogP contribution < -0.4 is 4.90 Å². The summed E-state index contributed by atoms with van der Waals surface area (Å²) in [4.78, 5) is 21.7. The lowest BCUT2D eigenvalue weighted by Crippen LogP contribution is -2.44. The van der Waals surface area contributed by atoms with Gasteiger partial charge in [0.05, 0.1) is 6.61 Å². The summed E-state index contributed by atoms with van der Waals surface area (Å²) in [5.41, 5.74) is 3.09. The average molecular weight is 463 g/mol. The molecule has 0 bridgehead atoms. The summed E-state index contributed by atoms with van der Waals surface area (Å²) in [6.45, 7) is 1.07. The van der Waals surface area contributed by atoms with Gasteiger partial charge in [-0.05, 0) is 42.7 Å². The molecule has 0 spiro atoms. The van der Waals surface area contributed by atoms with Crippen LogP contribution >= 0.6 is 0 Å². The maximum Gasteiger partial charge on any atom is 0.248 e. The monoisotopic (exact) mass is 462 g/mol. The van der Waals surface area contributed by atoms with E-state index in [0.29, 0.717) is 31.3 Å². The zero-order valence-electron chi connectivity index (χ0n) is 20.2. The Hall–Kier alpha value is -3.19. The first-order valence-corrected chi connectivity index (χ1v) is 12.1. The van der Waals surface area contributed by atoms with E-state index in [0.717, 1.165) is 42.5 Å². The lowest BCUT2D eigenvalue weighted by atomic mass is 9.94. The predicted molar refractivity (Wildman–Crippen MR) is 132 cm³/mol. The van der Waals surface area contributed by atoms with Gasteiger partial charge in [-0.1, -0.05) is 54.8 Å². The number of amides is 1. The van der Waals surface area contributed by atoms with E-state index in [1.807, 2.05) is 78.5 Å². The summed E-state index contributed by atoms with van der Waals surface area (Å²) in [5.74, 6) is 1.15. The number of hydrogen-bond donors (Lipinski definition) is 0. The van der Waals surface area contributed by atoms with Gasteiger partial charge in [0.25, 0.3) is 0 Å². The van der Waals surface area contributed by atoms with Crippen molar-refractivity contribution < 1.29 is 14.1 Å². The van der Waals surface area contributed by atoms with Crippen LogP contribution in [0.4, 0.5) is 5.69 Å². The van der Waals surface area contributed by atoms with Crippen LogP contribution in [-0.2, 0) is 22.6 Å². The third-order valence-electron chi connectivity index (χ3n) is 6.35. The smallest absolute Gasteiger partial charge is 0.248 e. The van der Waals surface area contributed by atoms with Crippen LogP contribution in [0.3, 0.4) is 0 Å². The van der Waals surface area contributed by atoms with Crippen molar-refractivity contribution in [1.29, 1.82) is 0 Å². The largest absolute Gasteiger partial charge is 0.378 e. The fraction of sp³-hybridized carbons (Fsp3) is 0.444. The molecule has 1 amide bonds. The normalized spacial score (nSPS) is 14.2. The molecule has 4 rings (SSSR count). The van der Waals surface area contributed by atoms with Gasteiger partial charge in [0.1, 0.15) is 6.61 Å². The van der Waals surface area contributed by atoms with Crippen molar-refractivity contribution >= 4 is 11.6 Å². The van der Waals surface area contributed by atoms with Gasteiger partial charge in [-0.2, -0.15) is 4.98 Å². The van der Waals surface area contributed by atoms with Gasteiger partial charge in [0.2, 0.25) is 17.6 Å². The summed E-state index contributed by atoms with van der Waals surface area (Å²) >= 11 is 0. The van der Waals surface area contributed by atoms with E-state index in [-0.39, 0.29) is 18.6 Å². The van der Waals surface area contributed by atoms with E-state index in [2.05, 4.69) is 10.1 Å². The summed E-state index contributed by atoms with van der Waals surface area (Å²) < 4.78 is 11.3. The van der Waals surface area contributed by atoms with Crippen LogP contribution in [0, 0.1) is 0 Å². The number of carbonyl (C=O) groups is 1. The van der Waals surface area contributed by atoms with Gasteiger partial charge >= 0.3 is 0 Å². The molecule has 1 saturated carbocycles. The third kappa shape index (κ3) is 6.44. The minimum atomic E-state index is 0.0295. The molecular weight excluding hydrogens is 428 g/mol. The molecule has 3 aromatic rings. The van der Waals surface area contributed by atoms with Gasteiger partial charge in [0, 0.05) is 44.4 Å². The van der Waals surface area contributed by atoms with Crippen molar-refractivity contribution in [2.75, 3.05) is 32.1 Å². The van der Waals surface area contributed by atoms with Gasteiger partial charge in [-0.3, -0.25) is 4.79 Å². The van der Waals surface area contributed by atoms with Crippen LogP contribution in [0.15, 0.2) is 59.1 Å². The predicted octanol–water partition coefficient (Wildman–Crippen LogP) is 4.72. The van der Waals surface area contributed by atoms with Crippen molar-refractivity contribution in [3.8, 4) is 11.4 Å². The zero-order valence-corrected chi connectivity index (χ0v) is 20.2. The number of carbonyl (C=O) groups excluding carboxylic acids is 1. The molecule has 0 atom stereocenters. The second-order valence-electron chi connectivity index (χ2n) is 9.06. The zero-order chi connectivity index (χ0) is 23.8. The fourth-order valence-electron chi connectivity index (χ4n) is 4.42. The Morgan fingerprint density at radius 1 is 1.03 bits per heavy atom. The van der Waals surface area contributed by atoms with Gasteiger partial charge in [-0.25, -0.2) is 0 Å². The molecule has 1 aliphatic carbocycles. The first kappa shape index (κ1) is 24.0. The summed E-state index contributed by atoms with van der Waals surface area (Å²) in [7, 11) is 4.01. The molecular formula is C27H34N4O3. The van der Waals surface area contributed by atoms with Crippen molar-refractivity contribution in [2.45, 2.75) is 51.2 Å². The van der Waals surface area contributed by atoms with Gasteiger partial charge in [0.15, 0.2) is 0 Å². The number of aromatic nitrogens is 2. The number of hydrogen-bond acceptors (Lipinski definition) is 6. The number of benzene rings is 2. The molecule has 2 aromatic carbocycles. The SMILES string of the molecule is CN(C)c1ccc(-c2noc(CCN(C(=O)COCc3ccccc3)C3CCCCC3)n2)cc1. The second-order valence-corrected chi connectivity index (χ2v) is 9.06. The lowest BCUT2D eigenvalue weighted by Gasteiger charge is -2.34. The number of anilines is 1. The number of nitrogens with zero attached hydrogens (tertiary/aromatic N) is 4. The Balaban J connectivity index is 1.36. The molecule has 34 heavy (non-hydrogen) atoms. The molecule has 0 aliphatic heterocycles. The van der Waals surface area contributed by atoms with Crippen molar-refractivity contribution in [3.05, 3.63) is 66.1 Å². The highest BCUT2D eigenvalue weighted by atomic mass is 16.5. The highest BCUT2D eigenvalue weighted by Gasteiger charge is 2.26. The fourth-order valence-corrected chi connectivity index (χ4v) is 4.42. The summed E-state index contributed by atoms with van der Waals surface area (Å²) in [5, 5.41) is 4.15. The van der Waals surface area contributed by atoms with Crippen molar-refractivity contribution in [3.63, 3.8) is 0 Å². The maximum absolute atomic E-state index is 13.1. The van der Waals surface area contributed by atoms with Crippen LogP contribution in [0.25, 0.3) is 11.4 Å². The highest BCUT2D eigenvalue weighted by Crippen LogP contribution is 2.24. The molecule has 1 heterocycles. The Labute approximate surface area is 201 Å². The van der Waals surface area contributed by atoms with E-state index >= 15 is 0 Å². The first-order valence-electron chi connectivity index (χ1n) is 12.1. The van der Waals surface area contributed by atoms with Crippen molar-refractivity contribution in [1.82, 2.24) is 15.0 Å². The molecule has 7 heteroatoms. The van der Waals surface area contributed by atoms with Crippen LogP contribution in [-0.4, -0.2) is 54.2 Å². The molecule has 180 valence electrons.